The maximum Gasteiger partial charge on any atom is 0.333 e. The molecule has 0 radical (unpaired) electrons. The number of carbonyl (C=O) groups excluding carboxylic acids is 1. The van der Waals surface area contributed by atoms with Gasteiger partial charge in [-0.3, -0.25) is 19.4 Å². The molecule has 0 unspecified atom stereocenters. The Morgan fingerprint density at radius 3 is 2.68 bits per heavy atom. The lowest BCUT2D eigenvalue weighted by Gasteiger charge is -2.20. The summed E-state index contributed by atoms with van der Waals surface area (Å²) in [7, 11) is 0. The Balaban J connectivity index is 1.48. The van der Waals surface area contributed by atoms with E-state index in [-0.39, 0.29) is 33.7 Å². The van der Waals surface area contributed by atoms with Crippen LogP contribution >= 0.6 is 23.2 Å². The Hall–Kier alpha value is -4.69. The summed E-state index contributed by atoms with van der Waals surface area (Å²) in [4.78, 5) is 31.2. The van der Waals surface area contributed by atoms with Gasteiger partial charge in [0.15, 0.2) is 5.15 Å². The predicted molar refractivity (Wildman–Crippen MR) is 155 cm³/mol. The van der Waals surface area contributed by atoms with Crippen molar-refractivity contribution >= 4 is 34.8 Å². The summed E-state index contributed by atoms with van der Waals surface area (Å²) >= 11 is 12.2. The van der Waals surface area contributed by atoms with Crippen LogP contribution in [-0.2, 0) is 4.79 Å². The van der Waals surface area contributed by atoms with E-state index in [4.69, 9.17) is 23.2 Å². The highest BCUT2D eigenvalue weighted by Gasteiger charge is 2.31. The molecule has 2 N–H and O–H groups in total. The van der Waals surface area contributed by atoms with Crippen molar-refractivity contribution < 1.29 is 23.5 Å². The van der Waals surface area contributed by atoms with Gasteiger partial charge in [-0.25, -0.2) is 14.3 Å². The van der Waals surface area contributed by atoms with Crippen molar-refractivity contribution in [3.05, 3.63) is 87.5 Å². The smallest absolute Gasteiger partial charge is 0.323 e. The van der Waals surface area contributed by atoms with Crippen molar-refractivity contribution in [1.29, 1.82) is 0 Å². The maximum atomic E-state index is 14.0. The fourth-order valence-electron chi connectivity index (χ4n) is 5.30. The molecule has 16 heteroatoms. The summed E-state index contributed by atoms with van der Waals surface area (Å²) in [5.74, 6) is -0.819. The SMILES string of the molecule is C[C@@H]1CCC[C@H](n2cnc(-c3cc(Cl)ccc3-n3cc(Cl)nn3)cc2=O)c2cc(cc[n+]2O)-c2c(cnn2C(F)F)NC1=O. The fourth-order valence-corrected chi connectivity index (χ4v) is 5.59. The zero-order chi connectivity index (χ0) is 31.1. The molecule has 0 spiro atoms. The highest BCUT2D eigenvalue weighted by molar-refractivity contribution is 6.31. The van der Waals surface area contributed by atoms with E-state index in [0.717, 1.165) is 4.73 Å². The Morgan fingerprint density at radius 1 is 1.14 bits per heavy atom. The van der Waals surface area contributed by atoms with Gasteiger partial charge in [0.1, 0.15) is 6.04 Å². The number of benzene rings is 1. The molecule has 1 amide bonds. The first-order valence-electron chi connectivity index (χ1n) is 13.5. The molecule has 4 aromatic heterocycles. The van der Waals surface area contributed by atoms with Gasteiger partial charge in [0.25, 0.3) is 11.3 Å². The van der Waals surface area contributed by atoms with Gasteiger partial charge in [0.2, 0.25) is 12.1 Å². The van der Waals surface area contributed by atoms with Crippen LogP contribution in [0, 0.1) is 5.92 Å². The molecule has 0 fully saturated rings. The first-order valence-corrected chi connectivity index (χ1v) is 14.2. The van der Waals surface area contributed by atoms with Crippen LogP contribution in [0.4, 0.5) is 14.5 Å². The average molecular weight is 643 g/mol. The van der Waals surface area contributed by atoms with Gasteiger partial charge in [-0.1, -0.05) is 41.8 Å². The molecule has 1 aliphatic rings. The zero-order valence-corrected chi connectivity index (χ0v) is 24.5. The topological polar surface area (TPSA) is 137 Å². The van der Waals surface area contributed by atoms with Crippen LogP contribution in [-0.4, -0.2) is 45.4 Å². The molecule has 0 aliphatic carbocycles. The van der Waals surface area contributed by atoms with Gasteiger partial charge < -0.3 is 5.32 Å². The molecule has 2 bridgehead atoms. The predicted octanol–water partition coefficient (Wildman–Crippen LogP) is 4.93. The first-order chi connectivity index (χ1) is 21.1. The third-order valence-electron chi connectivity index (χ3n) is 7.50. The number of fused-ring (bicyclic) bond motifs is 4. The summed E-state index contributed by atoms with van der Waals surface area (Å²) in [6, 6.07) is 8.45. The molecule has 5 aromatic rings. The molecule has 2 atom stereocenters. The standard InChI is InChI=1S/C28H23Cl2F2N9O3/c1-15-3-2-4-22(23-9-16(7-8-40(23)44)26-20(35-27(15)43)12-34-41(26)28(31)32)38-14-33-19(11-25(38)42)18-10-17(29)5-6-21(18)39-13-24(30)36-37-39/h5-15,22,28,44H,2-4H2,1H3/p+1/t15-,22+/m1/s1. The Kier molecular flexibility index (Phi) is 7.86. The van der Waals surface area contributed by atoms with Crippen molar-refractivity contribution in [3.8, 4) is 28.2 Å². The van der Waals surface area contributed by atoms with E-state index in [9.17, 15) is 23.6 Å². The monoisotopic (exact) mass is 642 g/mol. The van der Waals surface area contributed by atoms with Crippen LogP contribution in [0.15, 0.2) is 66.1 Å². The van der Waals surface area contributed by atoms with Gasteiger partial charge in [-0.15, -0.1) is 5.10 Å². The quantitative estimate of drug-likeness (QED) is 0.209. The van der Waals surface area contributed by atoms with E-state index in [1.807, 2.05) is 0 Å². The Morgan fingerprint density at radius 2 is 1.95 bits per heavy atom. The minimum absolute atomic E-state index is 0.0377. The Bertz CT molecular complexity index is 1940. The molecule has 6 rings (SSSR count). The molecule has 12 nitrogen and oxygen atoms in total. The van der Waals surface area contributed by atoms with Crippen LogP contribution < -0.4 is 15.6 Å². The zero-order valence-electron chi connectivity index (χ0n) is 23.0. The van der Waals surface area contributed by atoms with Gasteiger partial charge in [-0.05, 0) is 31.0 Å². The third kappa shape index (κ3) is 5.53. The van der Waals surface area contributed by atoms with E-state index < -0.39 is 24.1 Å². The second-order valence-corrected chi connectivity index (χ2v) is 11.1. The molecule has 0 saturated carbocycles. The van der Waals surface area contributed by atoms with Crippen molar-refractivity contribution in [2.24, 2.45) is 5.92 Å². The van der Waals surface area contributed by atoms with Crippen molar-refractivity contribution in [1.82, 2.24) is 34.3 Å². The Labute approximate surface area is 258 Å². The largest absolute Gasteiger partial charge is 0.333 e. The summed E-state index contributed by atoms with van der Waals surface area (Å²) < 4.78 is 32.0. The normalized spacial score (nSPS) is 17.1. The molecular formula is C28H24Cl2F2N9O3+. The number of rotatable bonds is 4. The van der Waals surface area contributed by atoms with Crippen molar-refractivity contribution in [2.75, 3.05) is 5.32 Å². The van der Waals surface area contributed by atoms with E-state index in [1.165, 1.54) is 52.4 Å². The number of hydrogen-bond acceptors (Lipinski definition) is 7. The maximum absolute atomic E-state index is 14.0. The van der Waals surface area contributed by atoms with Crippen LogP contribution in [0.2, 0.25) is 10.2 Å². The fraction of sp³-hybridized carbons (Fsp3) is 0.250. The number of anilines is 1. The lowest BCUT2D eigenvalue weighted by Crippen LogP contribution is -2.40. The molecular weight excluding hydrogens is 619 g/mol. The van der Waals surface area contributed by atoms with Crippen molar-refractivity contribution in [2.45, 2.75) is 38.8 Å². The summed E-state index contributed by atoms with van der Waals surface area (Å²) in [6.07, 6.45) is 6.55. The number of halogens is 4. The highest BCUT2D eigenvalue weighted by Crippen LogP contribution is 2.35. The molecule has 44 heavy (non-hydrogen) atoms. The molecule has 0 saturated heterocycles. The molecule has 226 valence electrons. The van der Waals surface area contributed by atoms with Gasteiger partial charge >= 0.3 is 6.55 Å². The number of nitrogens with one attached hydrogen (secondary N) is 1. The number of pyridine rings is 1. The molecule has 1 aromatic carbocycles. The lowest BCUT2D eigenvalue weighted by molar-refractivity contribution is -0.910. The number of alkyl halides is 2. The summed E-state index contributed by atoms with van der Waals surface area (Å²) in [6.45, 7) is -1.27. The molecule has 5 heterocycles. The van der Waals surface area contributed by atoms with Crippen LogP contribution in [0.3, 0.4) is 0 Å². The third-order valence-corrected chi connectivity index (χ3v) is 7.91. The number of hydrogen-bond donors (Lipinski definition) is 2. The highest BCUT2D eigenvalue weighted by atomic mass is 35.5. The number of amides is 1. The van der Waals surface area contributed by atoms with Gasteiger partial charge in [0.05, 0.1) is 41.5 Å². The number of aromatic nitrogens is 8. The second-order valence-electron chi connectivity index (χ2n) is 10.3. The number of carbonyl (C=O) groups is 1. The lowest BCUT2D eigenvalue weighted by atomic mass is 9.97. The summed E-state index contributed by atoms with van der Waals surface area (Å²) in [5, 5.41) is 25.8. The average Bonchev–Trinajstić information content (AvgIpc) is 3.62. The van der Waals surface area contributed by atoms with E-state index >= 15 is 0 Å². The van der Waals surface area contributed by atoms with E-state index in [1.54, 1.807) is 25.1 Å². The van der Waals surface area contributed by atoms with Crippen LogP contribution in [0.25, 0.3) is 28.2 Å². The second kappa shape index (κ2) is 11.8. The van der Waals surface area contributed by atoms with Crippen molar-refractivity contribution in [3.63, 3.8) is 0 Å². The van der Waals surface area contributed by atoms with Crippen LogP contribution in [0.1, 0.15) is 44.5 Å². The van der Waals surface area contributed by atoms with Gasteiger partial charge in [0, 0.05) is 45.0 Å². The van der Waals surface area contributed by atoms with E-state index in [2.05, 4.69) is 25.7 Å². The summed E-state index contributed by atoms with van der Waals surface area (Å²) in [5.41, 5.74) is 1.43. The first kappa shape index (κ1) is 29.4. The van der Waals surface area contributed by atoms with Crippen LogP contribution in [0.5, 0.6) is 0 Å². The number of nitrogens with zero attached hydrogens (tertiary/aromatic N) is 8. The molecule has 1 aliphatic heterocycles. The van der Waals surface area contributed by atoms with E-state index in [0.29, 0.717) is 45.9 Å². The minimum Gasteiger partial charge on any atom is -0.323 e. The van der Waals surface area contributed by atoms with Gasteiger partial charge in [-0.2, -0.15) is 13.9 Å². The minimum atomic E-state index is -2.99.